The van der Waals surface area contributed by atoms with Crippen molar-refractivity contribution in [1.82, 2.24) is 20.3 Å². The van der Waals surface area contributed by atoms with Crippen LogP contribution in [0, 0.1) is 17.1 Å². The van der Waals surface area contributed by atoms with Crippen molar-refractivity contribution in [3.63, 3.8) is 0 Å². The molecular formula is C30H25FN6O3. The first-order valence-electron chi connectivity index (χ1n) is 12.5. The summed E-state index contributed by atoms with van der Waals surface area (Å²) in [6, 6.07) is 23.3. The van der Waals surface area contributed by atoms with E-state index in [2.05, 4.69) is 25.6 Å². The van der Waals surface area contributed by atoms with Crippen LogP contribution >= 0.6 is 0 Å². The van der Waals surface area contributed by atoms with E-state index in [0.717, 1.165) is 11.1 Å². The number of imidazole rings is 1. The number of carbonyl (C=O) groups excluding carboxylic acids is 1. The van der Waals surface area contributed by atoms with Crippen molar-refractivity contribution in [2.75, 3.05) is 11.9 Å². The van der Waals surface area contributed by atoms with Crippen LogP contribution in [0.4, 0.5) is 10.2 Å². The lowest BCUT2D eigenvalue weighted by atomic mass is 10.1. The second-order valence-corrected chi connectivity index (χ2v) is 9.18. The molecule has 0 aliphatic rings. The number of hydrogen-bond donors (Lipinski definition) is 4. The van der Waals surface area contributed by atoms with E-state index in [1.54, 1.807) is 37.3 Å². The van der Waals surface area contributed by atoms with Crippen LogP contribution in [0.1, 0.15) is 46.1 Å². The lowest BCUT2D eigenvalue weighted by Crippen LogP contribution is -2.29. The minimum atomic E-state index is -0.446. The number of amides is 1. The molecule has 9 nitrogen and oxygen atoms in total. The molecule has 5 rings (SSSR count). The number of rotatable bonds is 9. The average Bonchev–Trinajstić information content (AvgIpc) is 3.35. The zero-order valence-electron chi connectivity index (χ0n) is 21.4. The molecule has 40 heavy (non-hydrogen) atoms. The molecule has 5 aromatic rings. The quantitative estimate of drug-likeness (QED) is 0.210. The molecule has 0 fully saturated rings. The van der Waals surface area contributed by atoms with Crippen molar-refractivity contribution < 1.29 is 13.9 Å². The Labute approximate surface area is 228 Å². The zero-order chi connectivity index (χ0) is 28.1. The Kier molecular flexibility index (Phi) is 7.55. The summed E-state index contributed by atoms with van der Waals surface area (Å²) in [4.78, 5) is 34.8. The highest BCUT2D eigenvalue weighted by Gasteiger charge is 2.21. The molecule has 2 heterocycles. The van der Waals surface area contributed by atoms with E-state index < -0.39 is 18.0 Å². The van der Waals surface area contributed by atoms with Gasteiger partial charge in [-0.05, 0) is 48.4 Å². The SMILES string of the molecule is C[C@H](NC(=O)c1cc(C#N)cnc1N[C@@H](COc1ccc2[nH]c(=O)[nH]c2c1)c1ccccc1)c1ccc(F)cc1. The third-order valence-electron chi connectivity index (χ3n) is 6.40. The minimum absolute atomic E-state index is 0.166. The summed E-state index contributed by atoms with van der Waals surface area (Å²) < 4.78 is 19.4. The molecule has 2 atom stereocenters. The second kappa shape index (κ2) is 11.5. The monoisotopic (exact) mass is 536 g/mol. The topological polar surface area (TPSA) is 136 Å². The standard InChI is InChI=1S/C30H25FN6O3/c1-18(20-7-9-22(31)10-8-20)34-29(38)24-13-19(15-32)16-33-28(24)35-27(21-5-3-2-4-6-21)17-40-23-11-12-25-26(14-23)37-30(39)36-25/h2-14,16,18,27H,17H2,1H3,(H,33,35)(H,34,38)(H2,36,37,39)/t18-,27-/m0/s1. The van der Waals surface area contributed by atoms with Crippen LogP contribution in [0.2, 0.25) is 0 Å². The van der Waals surface area contributed by atoms with E-state index in [1.807, 2.05) is 36.4 Å². The zero-order valence-corrected chi connectivity index (χ0v) is 21.4. The number of aromatic amines is 2. The third-order valence-corrected chi connectivity index (χ3v) is 6.40. The molecular weight excluding hydrogens is 511 g/mol. The van der Waals surface area contributed by atoms with Gasteiger partial charge in [0.05, 0.1) is 34.2 Å². The smallest absolute Gasteiger partial charge is 0.323 e. The fraction of sp³-hybridized carbons (Fsp3) is 0.133. The van der Waals surface area contributed by atoms with Gasteiger partial charge in [-0.3, -0.25) is 4.79 Å². The molecule has 0 saturated carbocycles. The first-order chi connectivity index (χ1) is 19.4. The van der Waals surface area contributed by atoms with Gasteiger partial charge >= 0.3 is 5.69 Å². The van der Waals surface area contributed by atoms with Gasteiger partial charge in [0, 0.05) is 12.3 Å². The van der Waals surface area contributed by atoms with E-state index in [4.69, 9.17) is 4.74 Å². The van der Waals surface area contributed by atoms with Crippen LogP contribution in [0.3, 0.4) is 0 Å². The lowest BCUT2D eigenvalue weighted by molar-refractivity contribution is 0.0940. The van der Waals surface area contributed by atoms with Crippen molar-refractivity contribution >= 4 is 22.8 Å². The van der Waals surface area contributed by atoms with Crippen LogP contribution in [0.15, 0.2) is 89.9 Å². The molecule has 0 radical (unpaired) electrons. The number of aromatic nitrogens is 3. The summed E-state index contributed by atoms with van der Waals surface area (Å²) in [7, 11) is 0. The Morgan fingerprint density at radius 3 is 2.52 bits per heavy atom. The Morgan fingerprint density at radius 1 is 1.02 bits per heavy atom. The van der Waals surface area contributed by atoms with Crippen LogP contribution in [-0.4, -0.2) is 27.5 Å². The largest absolute Gasteiger partial charge is 0.491 e. The lowest BCUT2D eigenvalue weighted by Gasteiger charge is -2.22. The van der Waals surface area contributed by atoms with Gasteiger partial charge in [-0.1, -0.05) is 42.5 Å². The third kappa shape index (κ3) is 6.00. The highest BCUT2D eigenvalue weighted by molar-refractivity contribution is 5.99. The second-order valence-electron chi connectivity index (χ2n) is 9.18. The summed E-state index contributed by atoms with van der Waals surface area (Å²) in [5.41, 5.74) is 3.01. The average molecular weight is 537 g/mol. The van der Waals surface area contributed by atoms with Crippen LogP contribution in [-0.2, 0) is 0 Å². The summed E-state index contributed by atoms with van der Waals surface area (Å²) in [6.45, 7) is 1.95. The first kappa shape index (κ1) is 26.2. The molecule has 10 heteroatoms. The fourth-order valence-electron chi connectivity index (χ4n) is 4.28. The van der Waals surface area contributed by atoms with Gasteiger partial charge < -0.3 is 25.3 Å². The molecule has 200 valence electrons. The molecule has 0 aliphatic heterocycles. The van der Waals surface area contributed by atoms with Crippen molar-refractivity contribution in [1.29, 1.82) is 5.26 Å². The van der Waals surface area contributed by atoms with E-state index in [1.165, 1.54) is 24.4 Å². The predicted molar refractivity (Wildman–Crippen MR) is 148 cm³/mol. The number of fused-ring (bicyclic) bond motifs is 1. The Morgan fingerprint density at radius 2 is 1.77 bits per heavy atom. The number of nitriles is 1. The Hall–Kier alpha value is -5.43. The van der Waals surface area contributed by atoms with Gasteiger partial charge in [-0.25, -0.2) is 14.2 Å². The van der Waals surface area contributed by atoms with Gasteiger partial charge in [0.25, 0.3) is 5.91 Å². The number of anilines is 1. The number of ether oxygens (including phenoxy) is 1. The number of nitrogens with one attached hydrogen (secondary N) is 4. The Bertz CT molecular complexity index is 1740. The number of carbonyl (C=O) groups is 1. The Balaban J connectivity index is 1.40. The summed E-state index contributed by atoms with van der Waals surface area (Å²) in [6.07, 6.45) is 1.39. The fourth-order valence-corrected chi connectivity index (χ4v) is 4.28. The van der Waals surface area contributed by atoms with E-state index in [9.17, 15) is 19.2 Å². The number of nitrogens with zero attached hydrogens (tertiary/aromatic N) is 2. The molecule has 3 aromatic carbocycles. The minimum Gasteiger partial charge on any atom is -0.491 e. The van der Waals surface area contributed by atoms with Crippen molar-refractivity contribution in [2.45, 2.75) is 19.0 Å². The maximum absolute atomic E-state index is 13.4. The van der Waals surface area contributed by atoms with E-state index >= 15 is 0 Å². The molecule has 0 spiro atoms. The summed E-state index contributed by atoms with van der Waals surface area (Å²) in [5, 5.41) is 15.7. The highest BCUT2D eigenvalue weighted by Crippen LogP contribution is 2.25. The number of hydrogen-bond acceptors (Lipinski definition) is 6. The van der Waals surface area contributed by atoms with Gasteiger partial charge in [-0.15, -0.1) is 0 Å². The molecule has 0 bridgehead atoms. The maximum Gasteiger partial charge on any atom is 0.323 e. The van der Waals surface area contributed by atoms with E-state index in [-0.39, 0.29) is 35.1 Å². The molecule has 0 saturated heterocycles. The molecule has 1 amide bonds. The van der Waals surface area contributed by atoms with Crippen molar-refractivity contribution in [2.24, 2.45) is 0 Å². The molecule has 2 aromatic heterocycles. The first-order valence-corrected chi connectivity index (χ1v) is 12.5. The van der Waals surface area contributed by atoms with Gasteiger partial charge in [0.15, 0.2) is 0 Å². The van der Waals surface area contributed by atoms with Gasteiger partial charge in [0.1, 0.15) is 30.1 Å². The van der Waals surface area contributed by atoms with Crippen LogP contribution in [0.5, 0.6) is 5.75 Å². The molecule has 4 N–H and O–H groups in total. The van der Waals surface area contributed by atoms with E-state index in [0.29, 0.717) is 16.8 Å². The number of pyridine rings is 1. The number of halogens is 1. The van der Waals surface area contributed by atoms with Crippen molar-refractivity contribution in [3.05, 3.63) is 124 Å². The predicted octanol–water partition coefficient (Wildman–Crippen LogP) is 4.99. The van der Waals surface area contributed by atoms with Crippen LogP contribution < -0.4 is 21.1 Å². The molecule has 0 aliphatic carbocycles. The highest BCUT2D eigenvalue weighted by atomic mass is 19.1. The number of benzene rings is 3. The normalized spacial score (nSPS) is 12.3. The summed E-state index contributed by atoms with van der Waals surface area (Å²) in [5.74, 6) is 0.00344. The van der Waals surface area contributed by atoms with Crippen molar-refractivity contribution in [3.8, 4) is 11.8 Å². The number of H-pyrrole nitrogens is 2. The van der Waals surface area contributed by atoms with Crippen LogP contribution in [0.25, 0.3) is 11.0 Å². The van der Waals surface area contributed by atoms with Gasteiger partial charge in [0.2, 0.25) is 0 Å². The summed E-state index contributed by atoms with van der Waals surface area (Å²) >= 11 is 0. The van der Waals surface area contributed by atoms with Gasteiger partial charge in [-0.2, -0.15) is 5.26 Å². The molecule has 0 unspecified atom stereocenters. The maximum atomic E-state index is 13.4.